The van der Waals surface area contributed by atoms with Crippen LogP contribution in [0, 0.1) is 6.92 Å². The fourth-order valence-electron chi connectivity index (χ4n) is 1.13. The van der Waals surface area contributed by atoms with Gasteiger partial charge in [0.15, 0.2) is 6.29 Å². The average molecular weight is 230 g/mol. The summed E-state index contributed by atoms with van der Waals surface area (Å²) in [6, 6.07) is 13.5. The Morgan fingerprint density at radius 2 is 1.53 bits per heavy atom. The summed E-state index contributed by atoms with van der Waals surface area (Å²) in [6.07, 6.45) is 0.620. The Hall–Kier alpha value is -2.29. The largest absolute Gasteiger partial charge is 0.508 e. The highest BCUT2D eigenvalue weighted by Crippen LogP contribution is 2.11. The highest BCUT2D eigenvalue weighted by molar-refractivity contribution is 5.78. The Bertz CT molecular complexity index is 454. The van der Waals surface area contributed by atoms with E-state index in [1.807, 2.05) is 19.1 Å². The summed E-state index contributed by atoms with van der Waals surface area (Å²) in [5.41, 5.74) is 1.50. The van der Waals surface area contributed by atoms with Gasteiger partial charge in [-0.25, -0.2) is 0 Å². The molecule has 0 saturated carbocycles. The minimum atomic E-state index is 0.0347. The zero-order valence-corrected chi connectivity index (χ0v) is 9.50. The van der Waals surface area contributed by atoms with Gasteiger partial charge in [-0.1, -0.05) is 29.8 Å². The maximum atomic E-state index is 10.1. The monoisotopic (exact) mass is 230 g/mol. The summed E-state index contributed by atoms with van der Waals surface area (Å²) < 4.78 is 0. The number of phenolic OH excluding ortho intramolecular Hbond substituents is 2. The molecule has 3 nitrogen and oxygen atoms in total. The number of para-hydroxylation sites is 1. The molecule has 88 valence electrons. The Morgan fingerprint density at radius 3 is 1.94 bits per heavy atom. The lowest BCUT2D eigenvalue weighted by Crippen LogP contribution is -1.77. The predicted molar refractivity (Wildman–Crippen MR) is 66.3 cm³/mol. The third-order valence-corrected chi connectivity index (χ3v) is 2.10. The summed E-state index contributed by atoms with van der Waals surface area (Å²) in [4.78, 5) is 10.1. The lowest BCUT2D eigenvalue weighted by atomic mass is 10.2. The number of phenols is 2. The van der Waals surface area contributed by atoms with E-state index in [1.54, 1.807) is 30.3 Å². The van der Waals surface area contributed by atoms with Gasteiger partial charge in [0.05, 0.1) is 5.56 Å². The standard InChI is InChI=1S/C7H6O2.C7H8O/c8-5-6-3-1-2-4-7(6)9;1-6-2-4-7(8)5-3-6/h1-5,9H;2-5,8H,1H3. The fourth-order valence-corrected chi connectivity index (χ4v) is 1.13. The van der Waals surface area contributed by atoms with Gasteiger partial charge in [-0.15, -0.1) is 0 Å². The van der Waals surface area contributed by atoms with Crippen LogP contribution in [0.2, 0.25) is 0 Å². The van der Waals surface area contributed by atoms with Crippen molar-refractivity contribution in [3.05, 3.63) is 59.7 Å². The molecule has 0 unspecified atom stereocenters. The molecule has 0 aliphatic rings. The number of rotatable bonds is 1. The summed E-state index contributed by atoms with van der Waals surface area (Å²) >= 11 is 0. The van der Waals surface area contributed by atoms with E-state index in [1.165, 1.54) is 11.6 Å². The zero-order chi connectivity index (χ0) is 12.7. The normalized spacial score (nSPS) is 9.00. The van der Waals surface area contributed by atoms with Crippen LogP contribution in [0.3, 0.4) is 0 Å². The molecule has 0 aliphatic carbocycles. The number of hydrogen-bond donors (Lipinski definition) is 2. The molecule has 0 spiro atoms. The molecular weight excluding hydrogens is 216 g/mol. The highest BCUT2D eigenvalue weighted by Gasteiger charge is 1.93. The van der Waals surface area contributed by atoms with Crippen molar-refractivity contribution in [3.63, 3.8) is 0 Å². The van der Waals surface area contributed by atoms with Crippen molar-refractivity contribution in [2.45, 2.75) is 6.92 Å². The predicted octanol–water partition coefficient (Wildman–Crippen LogP) is 2.91. The summed E-state index contributed by atoms with van der Waals surface area (Å²) in [5.74, 6) is 0.364. The van der Waals surface area contributed by atoms with E-state index in [4.69, 9.17) is 10.2 Å². The Morgan fingerprint density at radius 1 is 0.941 bits per heavy atom. The molecule has 0 amide bonds. The Labute approximate surface area is 100.0 Å². The zero-order valence-electron chi connectivity index (χ0n) is 9.50. The average Bonchev–Trinajstić information content (AvgIpc) is 2.34. The Kier molecular flexibility index (Phi) is 4.76. The van der Waals surface area contributed by atoms with Gasteiger partial charge in [-0.2, -0.15) is 0 Å². The van der Waals surface area contributed by atoms with Crippen LogP contribution in [0.15, 0.2) is 48.5 Å². The second kappa shape index (κ2) is 6.33. The van der Waals surface area contributed by atoms with Gasteiger partial charge >= 0.3 is 0 Å². The van der Waals surface area contributed by atoms with Gasteiger partial charge in [0.2, 0.25) is 0 Å². The van der Waals surface area contributed by atoms with E-state index in [0.29, 0.717) is 17.6 Å². The molecule has 0 saturated heterocycles. The third-order valence-electron chi connectivity index (χ3n) is 2.10. The van der Waals surface area contributed by atoms with Crippen LogP contribution in [0.5, 0.6) is 11.5 Å². The quantitative estimate of drug-likeness (QED) is 0.740. The summed E-state index contributed by atoms with van der Waals surface area (Å²) in [5, 5.41) is 17.6. The first kappa shape index (κ1) is 12.8. The molecule has 0 radical (unpaired) electrons. The minimum Gasteiger partial charge on any atom is -0.508 e. The van der Waals surface area contributed by atoms with Gasteiger partial charge in [0.1, 0.15) is 11.5 Å². The molecule has 0 fully saturated rings. The SMILES string of the molecule is Cc1ccc(O)cc1.O=Cc1ccccc1O. The van der Waals surface area contributed by atoms with Crippen LogP contribution >= 0.6 is 0 Å². The number of benzene rings is 2. The first-order chi connectivity index (χ1) is 8.13. The molecule has 17 heavy (non-hydrogen) atoms. The molecule has 2 N–H and O–H groups in total. The van der Waals surface area contributed by atoms with Crippen molar-refractivity contribution >= 4 is 6.29 Å². The molecule has 2 aromatic rings. The fraction of sp³-hybridized carbons (Fsp3) is 0.0714. The number of aryl methyl sites for hydroxylation is 1. The number of carbonyl (C=O) groups excluding carboxylic acids is 1. The molecule has 0 bridgehead atoms. The number of hydrogen-bond acceptors (Lipinski definition) is 3. The number of aromatic hydroxyl groups is 2. The first-order valence-electron chi connectivity index (χ1n) is 5.12. The van der Waals surface area contributed by atoms with Crippen LogP contribution in [0.25, 0.3) is 0 Å². The van der Waals surface area contributed by atoms with Gasteiger partial charge in [0, 0.05) is 0 Å². The van der Waals surface area contributed by atoms with Crippen LogP contribution < -0.4 is 0 Å². The summed E-state index contributed by atoms with van der Waals surface area (Å²) in [6.45, 7) is 1.99. The second-order valence-corrected chi connectivity index (χ2v) is 3.51. The molecule has 0 atom stereocenters. The lowest BCUT2D eigenvalue weighted by Gasteiger charge is -1.91. The van der Waals surface area contributed by atoms with Crippen LogP contribution in [0.4, 0.5) is 0 Å². The van der Waals surface area contributed by atoms with E-state index in [-0.39, 0.29) is 5.75 Å². The van der Waals surface area contributed by atoms with E-state index >= 15 is 0 Å². The number of aldehydes is 1. The third kappa shape index (κ3) is 4.38. The molecular formula is C14H14O3. The minimum absolute atomic E-state index is 0.0347. The second-order valence-electron chi connectivity index (χ2n) is 3.51. The lowest BCUT2D eigenvalue weighted by molar-refractivity contribution is 0.112. The van der Waals surface area contributed by atoms with Gasteiger partial charge in [-0.05, 0) is 31.2 Å². The van der Waals surface area contributed by atoms with Crippen molar-refractivity contribution in [3.8, 4) is 11.5 Å². The first-order valence-corrected chi connectivity index (χ1v) is 5.12. The van der Waals surface area contributed by atoms with Crippen molar-refractivity contribution in [1.29, 1.82) is 0 Å². The van der Waals surface area contributed by atoms with E-state index in [9.17, 15) is 4.79 Å². The molecule has 0 aromatic heterocycles. The molecule has 0 heterocycles. The number of carbonyl (C=O) groups is 1. The Balaban J connectivity index is 0.000000171. The highest BCUT2D eigenvalue weighted by atomic mass is 16.3. The van der Waals surface area contributed by atoms with E-state index in [0.717, 1.165) is 0 Å². The van der Waals surface area contributed by atoms with Gasteiger partial charge in [0.25, 0.3) is 0 Å². The topological polar surface area (TPSA) is 57.5 Å². The van der Waals surface area contributed by atoms with Crippen molar-refractivity contribution in [1.82, 2.24) is 0 Å². The van der Waals surface area contributed by atoms with Crippen molar-refractivity contribution in [2.75, 3.05) is 0 Å². The molecule has 2 rings (SSSR count). The van der Waals surface area contributed by atoms with E-state index in [2.05, 4.69) is 0 Å². The smallest absolute Gasteiger partial charge is 0.153 e. The van der Waals surface area contributed by atoms with Crippen molar-refractivity contribution < 1.29 is 15.0 Å². The van der Waals surface area contributed by atoms with Gasteiger partial charge in [-0.3, -0.25) is 4.79 Å². The maximum absolute atomic E-state index is 10.1. The maximum Gasteiger partial charge on any atom is 0.153 e. The van der Waals surface area contributed by atoms with E-state index < -0.39 is 0 Å². The molecule has 2 aromatic carbocycles. The van der Waals surface area contributed by atoms with Gasteiger partial charge < -0.3 is 10.2 Å². The van der Waals surface area contributed by atoms with Crippen LogP contribution in [-0.4, -0.2) is 16.5 Å². The van der Waals surface area contributed by atoms with Crippen LogP contribution in [0.1, 0.15) is 15.9 Å². The molecule has 0 aliphatic heterocycles. The molecule has 3 heteroatoms. The van der Waals surface area contributed by atoms with Crippen LogP contribution in [-0.2, 0) is 0 Å². The summed E-state index contributed by atoms with van der Waals surface area (Å²) in [7, 11) is 0. The van der Waals surface area contributed by atoms with Crippen molar-refractivity contribution in [2.24, 2.45) is 0 Å².